The van der Waals surface area contributed by atoms with Gasteiger partial charge in [0.1, 0.15) is 4.21 Å². The Morgan fingerprint density at radius 2 is 2.00 bits per heavy atom. The van der Waals surface area contributed by atoms with Crippen molar-refractivity contribution >= 4 is 37.0 Å². The van der Waals surface area contributed by atoms with Crippen molar-refractivity contribution in [2.75, 3.05) is 0 Å². The molecule has 0 unspecified atom stereocenters. The van der Waals surface area contributed by atoms with Crippen LogP contribution in [0.1, 0.15) is 25.6 Å². The fraction of sp³-hybridized carbons (Fsp3) is 0.500. The summed E-state index contributed by atoms with van der Waals surface area (Å²) in [6.07, 6.45) is 0. The number of nitrogens with one attached hydrogen (secondary N) is 1. The summed E-state index contributed by atoms with van der Waals surface area (Å²) >= 11 is 1.06. The second-order valence-corrected chi connectivity index (χ2v) is 8.55. The first kappa shape index (κ1) is 14.5. The Kier molecular flexibility index (Phi) is 4.22. The van der Waals surface area contributed by atoms with Gasteiger partial charge in [-0.1, -0.05) is 20.8 Å². The summed E-state index contributed by atoms with van der Waals surface area (Å²) in [6, 6.07) is 3.08. The van der Waals surface area contributed by atoms with Gasteiger partial charge in [0.2, 0.25) is 5.91 Å². The highest BCUT2D eigenvalue weighted by Gasteiger charge is 2.21. The van der Waals surface area contributed by atoms with Crippen LogP contribution < -0.4 is 5.32 Å². The molecule has 0 aliphatic rings. The average molecular weight is 296 g/mol. The monoisotopic (exact) mass is 295 g/mol. The molecule has 0 aliphatic heterocycles. The van der Waals surface area contributed by atoms with Crippen LogP contribution >= 0.6 is 22.0 Å². The largest absolute Gasteiger partial charge is 0.351 e. The molecule has 96 valence electrons. The Hall–Kier alpha value is -0.590. The Morgan fingerprint density at radius 3 is 2.41 bits per heavy atom. The molecule has 0 spiro atoms. The van der Waals surface area contributed by atoms with Crippen LogP contribution in [-0.2, 0) is 20.4 Å². The molecule has 1 aromatic rings. The van der Waals surface area contributed by atoms with E-state index in [4.69, 9.17) is 10.7 Å². The third-order valence-corrected chi connectivity index (χ3v) is 5.16. The molecule has 1 rings (SSSR count). The molecule has 1 heterocycles. The molecule has 1 N–H and O–H groups in total. The van der Waals surface area contributed by atoms with E-state index in [1.165, 1.54) is 6.07 Å². The van der Waals surface area contributed by atoms with Crippen molar-refractivity contribution in [2.45, 2.75) is 31.5 Å². The second kappa shape index (κ2) is 4.96. The standard InChI is InChI=1S/C10H14ClNO3S2/c1-10(2,3)9(13)12-6-7-4-5-8(16-7)17(11,14)15/h4-5H,6H2,1-3H3,(H,12,13). The van der Waals surface area contributed by atoms with E-state index in [1.54, 1.807) is 6.07 Å². The maximum atomic E-state index is 11.6. The van der Waals surface area contributed by atoms with Gasteiger partial charge in [0.05, 0.1) is 6.54 Å². The van der Waals surface area contributed by atoms with Crippen LogP contribution in [0.15, 0.2) is 16.3 Å². The number of rotatable bonds is 3. The van der Waals surface area contributed by atoms with Crippen LogP contribution in [0.3, 0.4) is 0 Å². The predicted molar refractivity (Wildman–Crippen MR) is 68.7 cm³/mol. The average Bonchev–Trinajstić information content (AvgIpc) is 2.59. The highest BCUT2D eigenvalue weighted by Crippen LogP contribution is 2.24. The number of carbonyl (C=O) groups excluding carboxylic acids is 1. The first-order valence-electron chi connectivity index (χ1n) is 4.92. The topological polar surface area (TPSA) is 63.2 Å². The molecule has 1 amide bonds. The predicted octanol–water partition coefficient (Wildman–Crippen LogP) is 2.34. The van der Waals surface area contributed by atoms with E-state index in [0.29, 0.717) is 6.54 Å². The Morgan fingerprint density at radius 1 is 1.41 bits per heavy atom. The van der Waals surface area contributed by atoms with E-state index in [0.717, 1.165) is 16.2 Å². The quantitative estimate of drug-likeness (QED) is 0.871. The third-order valence-electron chi connectivity index (χ3n) is 1.98. The second-order valence-electron chi connectivity index (χ2n) is 4.59. The number of halogens is 1. The highest BCUT2D eigenvalue weighted by molar-refractivity contribution is 8.15. The molecule has 0 saturated carbocycles. The van der Waals surface area contributed by atoms with Crippen molar-refractivity contribution in [3.8, 4) is 0 Å². The molecule has 1 aromatic heterocycles. The summed E-state index contributed by atoms with van der Waals surface area (Å²) in [5.41, 5.74) is -0.460. The van der Waals surface area contributed by atoms with Gasteiger partial charge in [0.15, 0.2) is 0 Å². The number of hydrogen-bond acceptors (Lipinski definition) is 4. The molecule has 17 heavy (non-hydrogen) atoms. The number of thiophene rings is 1. The van der Waals surface area contributed by atoms with Crippen LogP contribution in [0.5, 0.6) is 0 Å². The lowest BCUT2D eigenvalue weighted by Gasteiger charge is -2.17. The van der Waals surface area contributed by atoms with Gasteiger partial charge in [-0.05, 0) is 12.1 Å². The zero-order chi connectivity index (χ0) is 13.3. The Labute approximate surface area is 109 Å². The van der Waals surface area contributed by atoms with Gasteiger partial charge < -0.3 is 5.32 Å². The van der Waals surface area contributed by atoms with Crippen LogP contribution in [0.2, 0.25) is 0 Å². The minimum absolute atomic E-state index is 0.0822. The Bertz CT molecular complexity index is 514. The van der Waals surface area contributed by atoms with Crippen molar-refractivity contribution in [2.24, 2.45) is 5.41 Å². The lowest BCUT2D eigenvalue weighted by atomic mass is 9.96. The summed E-state index contributed by atoms with van der Waals surface area (Å²) in [7, 11) is 1.53. The van der Waals surface area contributed by atoms with Crippen molar-refractivity contribution in [3.63, 3.8) is 0 Å². The van der Waals surface area contributed by atoms with Gasteiger partial charge in [0.25, 0.3) is 9.05 Å². The molecule has 0 aromatic carbocycles. The van der Waals surface area contributed by atoms with E-state index >= 15 is 0 Å². The Balaban J connectivity index is 2.66. The number of carbonyl (C=O) groups is 1. The fourth-order valence-corrected chi connectivity index (χ4v) is 3.08. The zero-order valence-corrected chi connectivity index (χ0v) is 12.2. The summed E-state index contributed by atoms with van der Waals surface area (Å²) in [6.45, 7) is 5.75. The maximum absolute atomic E-state index is 11.6. The molecule has 0 saturated heterocycles. The van der Waals surface area contributed by atoms with E-state index in [9.17, 15) is 13.2 Å². The van der Waals surface area contributed by atoms with Gasteiger partial charge in [0, 0.05) is 21.0 Å². The van der Waals surface area contributed by atoms with Gasteiger partial charge in [-0.15, -0.1) is 11.3 Å². The van der Waals surface area contributed by atoms with Crippen LogP contribution in [0.4, 0.5) is 0 Å². The molecule has 0 aliphatic carbocycles. The van der Waals surface area contributed by atoms with Crippen LogP contribution in [0.25, 0.3) is 0 Å². The summed E-state index contributed by atoms with van der Waals surface area (Å²) in [5.74, 6) is -0.0822. The smallest absolute Gasteiger partial charge is 0.270 e. The molecular weight excluding hydrogens is 282 g/mol. The fourth-order valence-electron chi connectivity index (χ4n) is 1.02. The van der Waals surface area contributed by atoms with Gasteiger partial charge in [-0.3, -0.25) is 4.79 Å². The molecule has 0 fully saturated rings. The van der Waals surface area contributed by atoms with Gasteiger partial charge in [-0.25, -0.2) is 8.42 Å². The third kappa shape index (κ3) is 4.29. The first-order valence-corrected chi connectivity index (χ1v) is 8.05. The van der Waals surface area contributed by atoms with Gasteiger partial charge in [-0.2, -0.15) is 0 Å². The molecule has 0 radical (unpaired) electrons. The van der Waals surface area contributed by atoms with Crippen molar-refractivity contribution in [1.29, 1.82) is 0 Å². The van der Waals surface area contributed by atoms with Crippen molar-refractivity contribution < 1.29 is 13.2 Å². The molecule has 7 heteroatoms. The number of amides is 1. The van der Waals surface area contributed by atoms with E-state index in [2.05, 4.69) is 5.32 Å². The first-order chi connectivity index (χ1) is 7.60. The summed E-state index contributed by atoms with van der Waals surface area (Å²) in [4.78, 5) is 12.3. The van der Waals surface area contributed by atoms with Crippen LogP contribution in [0, 0.1) is 5.41 Å². The summed E-state index contributed by atoms with van der Waals surface area (Å²) < 4.78 is 22.2. The summed E-state index contributed by atoms with van der Waals surface area (Å²) in [5, 5.41) is 2.74. The van der Waals surface area contributed by atoms with E-state index in [1.807, 2.05) is 20.8 Å². The highest BCUT2D eigenvalue weighted by atomic mass is 35.7. The van der Waals surface area contributed by atoms with E-state index < -0.39 is 14.5 Å². The zero-order valence-electron chi connectivity index (χ0n) is 9.78. The lowest BCUT2D eigenvalue weighted by molar-refractivity contribution is -0.128. The van der Waals surface area contributed by atoms with E-state index in [-0.39, 0.29) is 10.1 Å². The SMILES string of the molecule is CC(C)(C)C(=O)NCc1ccc(S(=O)(=O)Cl)s1. The maximum Gasteiger partial charge on any atom is 0.270 e. The normalized spacial score (nSPS) is 12.5. The van der Waals surface area contributed by atoms with Gasteiger partial charge >= 0.3 is 0 Å². The minimum atomic E-state index is -3.67. The number of hydrogen-bond donors (Lipinski definition) is 1. The molecule has 0 atom stereocenters. The van der Waals surface area contributed by atoms with Crippen LogP contribution in [-0.4, -0.2) is 14.3 Å². The molecular formula is C10H14ClNO3S2. The molecule has 4 nitrogen and oxygen atoms in total. The lowest BCUT2D eigenvalue weighted by Crippen LogP contribution is -2.34. The van der Waals surface area contributed by atoms with Crippen molar-refractivity contribution in [3.05, 3.63) is 17.0 Å². The minimum Gasteiger partial charge on any atom is -0.351 e. The molecule has 0 bridgehead atoms. The van der Waals surface area contributed by atoms with Crippen molar-refractivity contribution in [1.82, 2.24) is 5.32 Å².